The van der Waals surface area contributed by atoms with Crippen LogP contribution >= 0.6 is 11.6 Å². The van der Waals surface area contributed by atoms with Crippen LogP contribution in [-0.2, 0) is 11.3 Å². The highest BCUT2D eigenvalue weighted by atomic mass is 35.5. The van der Waals surface area contributed by atoms with Crippen molar-refractivity contribution in [3.8, 4) is 5.75 Å². The second kappa shape index (κ2) is 9.61. The molecule has 0 spiro atoms. The van der Waals surface area contributed by atoms with Gasteiger partial charge in [0.25, 0.3) is 5.56 Å². The monoisotopic (exact) mass is 444 g/mol. The summed E-state index contributed by atoms with van der Waals surface area (Å²) in [6, 6.07) is 11.4. The number of nitrogens with one attached hydrogen (secondary N) is 2. The molecular formula is C22H22ClFN4O3. The third-order valence-electron chi connectivity index (χ3n) is 4.16. The molecule has 0 radical (unpaired) electrons. The average molecular weight is 445 g/mol. The first-order valence-electron chi connectivity index (χ1n) is 9.58. The van der Waals surface area contributed by atoms with E-state index in [1.54, 1.807) is 30.3 Å². The third-order valence-corrected chi connectivity index (χ3v) is 4.41. The van der Waals surface area contributed by atoms with Gasteiger partial charge in [0.2, 0.25) is 11.9 Å². The number of nitrogens with zero attached hydrogens (tertiary/aromatic N) is 2. The number of hydrogen-bond acceptors (Lipinski definition) is 5. The van der Waals surface area contributed by atoms with Gasteiger partial charge < -0.3 is 15.4 Å². The minimum atomic E-state index is -0.542. The van der Waals surface area contributed by atoms with Crippen LogP contribution in [0.2, 0.25) is 5.02 Å². The summed E-state index contributed by atoms with van der Waals surface area (Å²) in [6.45, 7) is 5.08. The highest BCUT2D eigenvalue weighted by Gasteiger charge is 2.14. The van der Waals surface area contributed by atoms with Crippen molar-refractivity contribution in [1.82, 2.24) is 9.55 Å². The van der Waals surface area contributed by atoms with E-state index >= 15 is 0 Å². The van der Waals surface area contributed by atoms with Crippen molar-refractivity contribution < 1.29 is 13.9 Å². The molecule has 0 aliphatic heterocycles. The summed E-state index contributed by atoms with van der Waals surface area (Å²) in [5.41, 5.74) is 0.766. The first kappa shape index (κ1) is 22.3. The van der Waals surface area contributed by atoms with Crippen molar-refractivity contribution in [3.63, 3.8) is 0 Å². The molecule has 0 saturated heterocycles. The van der Waals surface area contributed by atoms with Gasteiger partial charge in [-0.3, -0.25) is 14.2 Å². The average Bonchev–Trinajstić information content (AvgIpc) is 2.70. The molecule has 3 rings (SSSR count). The number of halogens is 2. The molecule has 7 nitrogen and oxygen atoms in total. The Balaban J connectivity index is 1.97. The molecule has 31 heavy (non-hydrogen) atoms. The molecule has 3 aromatic rings. The minimum Gasteiger partial charge on any atom is -0.488 e. The van der Waals surface area contributed by atoms with Crippen molar-refractivity contribution in [2.75, 3.05) is 10.6 Å². The van der Waals surface area contributed by atoms with E-state index in [-0.39, 0.29) is 35.9 Å². The first-order valence-corrected chi connectivity index (χ1v) is 9.96. The maximum atomic E-state index is 14.4. The molecule has 0 aliphatic rings. The van der Waals surface area contributed by atoms with Crippen LogP contribution in [-0.4, -0.2) is 21.6 Å². The van der Waals surface area contributed by atoms with Gasteiger partial charge in [0.05, 0.1) is 18.8 Å². The van der Waals surface area contributed by atoms with Crippen LogP contribution in [0.25, 0.3) is 0 Å². The van der Waals surface area contributed by atoms with Crippen molar-refractivity contribution >= 4 is 34.8 Å². The van der Waals surface area contributed by atoms with Crippen molar-refractivity contribution in [3.05, 3.63) is 75.4 Å². The summed E-state index contributed by atoms with van der Waals surface area (Å²) in [7, 11) is 0. The lowest BCUT2D eigenvalue weighted by atomic mass is 10.2. The Hall–Kier alpha value is -3.39. The topological polar surface area (TPSA) is 85.2 Å². The van der Waals surface area contributed by atoms with Crippen LogP contribution in [0, 0.1) is 5.82 Å². The van der Waals surface area contributed by atoms with Crippen molar-refractivity contribution in [2.24, 2.45) is 0 Å². The van der Waals surface area contributed by atoms with Gasteiger partial charge in [-0.2, -0.15) is 0 Å². The van der Waals surface area contributed by atoms with E-state index in [1.165, 1.54) is 29.8 Å². The lowest BCUT2D eigenvalue weighted by Gasteiger charge is -2.16. The third kappa shape index (κ3) is 5.82. The summed E-state index contributed by atoms with van der Waals surface area (Å²) in [5.74, 6) is -0.611. The smallest absolute Gasteiger partial charge is 0.279 e. The number of aromatic nitrogens is 2. The van der Waals surface area contributed by atoms with Gasteiger partial charge in [0.1, 0.15) is 5.69 Å². The molecule has 0 bridgehead atoms. The zero-order valence-electron chi connectivity index (χ0n) is 17.3. The predicted molar refractivity (Wildman–Crippen MR) is 119 cm³/mol. The number of benzene rings is 2. The van der Waals surface area contributed by atoms with Crippen LogP contribution in [0.5, 0.6) is 5.75 Å². The molecule has 2 N–H and O–H groups in total. The van der Waals surface area contributed by atoms with Crippen LogP contribution in [0.15, 0.2) is 53.5 Å². The zero-order valence-corrected chi connectivity index (χ0v) is 18.0. The Morgan fingerprint density at radius 2 is 1.94 bits per heavy atom. The Morgan fingerprint density at radius 1 is 1.23 bits per heavy atom. The van der Waals surface area contributed by atoms with E-state index in [9.17, 15) is 14.0 Å². The molecule has 1 amide bonds. The van der Waals surface area contributed by atoms with Crippen LogP contribution < -0.4 is 20.9 Å². The number of ether oxygens (including phenoxy) is 1. The number of hydrogen-bond donors (Lipinski definition) is 2. The maximum Gasteiger partial charge on any atom is 0.279 e. The van der Waals surface area contributed by atoms with E-state index in [2.05, 4.69) is 15.6 Å². The fourth-order valence-corrected chi connectivity index (χ4v) is 2.97. The number of rotatable bonds is 7. The Kier molecular flexibility index (Phi) is 6.91. The van der Waals surface area contributed by atoms with E-state index in [1.807, 2.05) is 13.8 Å². The van der Waals surface area contributed by atoms with Gasteiger partial charge in [0, 0.05) is 23.7 Å². The summed E-state index contributed by atoms with van der Waals surface area (Å²) in [4.78, 5) is 28.7. The van der Waals surface area contributed by atoms with Gasteiger partial charge in [0.15, 0.2) is 11.6 Å². The zero-order chi connectivity index (χ0) is 22.5. The van der Waals surface area contributed by atoms with Crippen LogP contribution in [0.1, 0.15) is 26.3 Å². The van der Waals surface area contributed by atoms with Gasteiger partial charge in [-0.25, -0.2) is 9.37 Å². The first-order chi connectivity index (χ1) is 14.7. The maximum absolute atomic E-state index is 14.4. The molecule has 0 saturated carbocycles. The minimum absolute atomic E-state index is 0.0406. The molecule has 0 fully saturated rings. The predicted octanol–water partition coefficient (Wildman–Crippen LogP) is 4.57. The lowest BCUT2D eigenvalue weighted by Crippen LogP contribution is -2.28. The SMILES string of the molecule is CC(=O)Nc1cnc(Nc2ccc(OC(C)C)c(F)c2)n(Cc2ccc(Cl)cc2)c1=O. The number of amides is 1. The second-order valence-electron chi connectivity index (χ2n) is 7.13. The molecular weight excluding hydrogens is 423 g/mol. The Morgan fingerprint density at radius 3 is 2.55 bits per heavy atom. The highest BCUT2D eigenvalue weighted by molar-refractivity contribution is 6.30. The molecule has 2 aromatic carbocycles. The fraction of sp³-hybridized carbons (Fsp3) is 0.227. The summed E-state index contributed by atoms with van der Waals surface area (Å²) < 4.78 is 21.1. The normalized spacial score (nSPS) is 10.8. The quantitative estimate of drug-likeness (QED) is 0.557. The molecule has 162 valence electrons. The van der Waals surface area contributed by atoms with Crippen LogP contribution in [0.4, 0.5) is 21.7 Å². The molecule has 1 heterocycles. The lowest BCUT2D eigenvalue weighted by molar-refractivity contribution is -0.114. The standard InChI is InChI=1S/C22H22ClFN4O3/c1-13(2)31-20-9-8-17(10-18(20)24)27-22-25-11-19(26-14(3)29)21(30)28(22)12-15-4-6-16(23)7-5-15/h4-11,13H,12H2,1-3H3,(H,25,27)(H,26,29). The van der Waals surface area contributed by atoms with E-state index in [0.717, 1.165) is 5.56 Å². The van der Waals surface area contributed by atoms with Crippen molar-refractivity contribution in [1.29, 1.82) is 0 Å². The number of carbonyl (C=O) groups is 1. The van der Waals surface area contributed by atoms with Gasteiger partial charge in [-0.05, 0) is 43.7 Å². The van der Waals surface area contributed by atoms with Crippen LogP contribution in [0.3, 0.4) is 0 Å². The van der Waals surface area contributed by atoms with E-state index < -0.39 is 11.4 Å². The van der Waals surface area contributed by atoms with Crippen molar-refractivity contribution in [2.45, 2.75) is 33.4 Å². The molecule has 0 atom stereocenters. The molecule has 0 unspecified atom stereocenters. The highest BCUT2D eigenvalue weighted by Crippen LogP contribution is 2.24. The molecule has 1 aromatic heterocycles. The number of anilines is 3. The largest absolute Gasteiger partial charge is 0.488 e. The van der Waals surface area contributed by atoms with Gasteiger partial charge in [-0.15, -0.1) is 0 Å². The van der Waals surface area contributed by atoms with Gasteiger partial charge in [-0.1, -0.05) is 23.7 Å². The summed E-state index contributed by atoms with van der Waals surface area (Å²) >= 11 is 5.94. The summed E-state index contributed by atoms with van der Waals surface area (Å²) in [6.07, 6.45) is 1.10. The number of carbonyl (C=O) groups excluding carboxylic acids is 1. The summed E-state index contributed by atoms with van der Waals surface area (Å²) in [5, 5.41) is 6.01. The Labute approximate surface area is 183 Å². The second-order valence-corrected chi connectivity index (χ2v) is 7.57. The molecule has 9 heteroatoms. The fourth-order valence-electron chi connectivity index (χ4n) is 2.84. The van der Waals surface area contributed by atoms with E-state index in [4.69, 9.17) is 16.3 Å². The Bertz CT molecular complexity index is 1150. The van der Waals surface area contributed by atoms with Gasteiger partial charge >= 0.3 is 0 Å². The van der Waals surface area contributed by atoms with E-state index in [0.29, 0.717) is 10.7 Å². The molecule has 0 aliphatic carbocycles.